The van der Waals surface area contributed by atoms with Crippen molar-refractivity contribution in [1.82, 2.24) is 0 Å². The zero-order valence-electron chi connectivity index (χ0n) is 27.2. The highest BCUT2D eigenvalue weighted by molar-refractivity contribution is 6.10. The van der Waals surface area contributed by atoms with E-state index < -0.39 is 48.3 Å². The number of hydrogen-bond acceptors (Lipinski definition) is 8. The summed E-state index contributed by atoms with van der Waals surface area (Å²) in [6, 6.07) is 2.45. The minimum atomic E-state index is -0.768. The third-order valence-electron chi connectivity index (χ3n) is 7.13. The van der Waals surface area contributed by atoms with Crippen molar-refractivity contribution in [2.45, 2.75) is 157 Å². The average Bonchev–Trinajstić information content (AvgIpc) is 2.95. The monoisotopic (exact) mass is 590 g/mol. The van der Waals surface area contributed by atoms with E-state index in [1.165, 1.54) is 12.1 Å². The summed E-state index contributed by atoms with van der Waals surface area (Å²) >= 11 is 0. The Morgan fingerprint density at radius 1 is 0.452 bits per heavy atom. The molecule has 0 saturated heterocycles. The Hall–Kier alpha value is -2.90. The van der Waals surface area contributed by atoms with E-state index >= 15 is 0 Å². The molecule has 1 rings (SSSR count). The lowest BCUT2D eigenvalue weighted by atomic mass is 9.97. The van der Waals surface area contributed by atoms with Gasteiger partial charge in [-0.2, -0.15) is 0 Å². The van der Waals surface area contributed by atoms with E-state index in [2.05, 4.69) is 0 Å². The number of carbonyl (C=O) groups excluding carboxylic acids is 4. The van der Waals surface area contributed by atoms with Crippen LogP contribution in [0.15, 0.2) is 12.1 Å². The van der Waals surface area contributed by atoms with Gasteiger partial charge in [-0.25, -0.2) is 19.2 Å². The van der Waals surface area contributed by atoms with Gasteiger partial charge in [0.15, 0.2) is 0 Å². The highest BCUT2D eigenvalue weighted by Gasteiger charge is 2.31. The maximum Gasteiger partial charge on any atom is 0.339 e. The van der Waals surface area contributed by atoms with Gasteiger partial charge in [0.25, 0.3) is 0 Å². The number of benzene rings is 1. The molecule has 0 fully saturated rings. The first kappa shape index (κ1) is 37.1. The lowest BCUT2D eigenvalue weighted by Gasteiger charge is -2.20. The Kier molecular flexibility index (Phi) is 17.8. The molecule has 0 spiro atoms. The summed E-state index contributed by atoms with van der Waals surface area (Å²) in [6.07, 6.45) is 8.22. The maximum atomic E-state index is 13.4. The van der Waals surface area contributed by atoms with Crippen LogP contribution in [0.1, 0.15) is 174 Å². The smallest absolute Gasteiger partial charge is 0.339 e. The van der Waals surface area contributed by atoms with Crippen LogP contribution in [0.25, 0.3) is 0 Å². The molecule has 8 heteroatoms. The number of rotatable bonds is 20. The van der Waals surface area contributed by atoms with Crippen molar-refractivity contribution in [3.63, 3.8) is 0 Å². The van der Waals surface area contributed by atoms with Crippen LogP contribution in [0.3, 0.4) is 0 Å². The lowest BCUT2D eigenvalue weighted by Crippen LogP contribution is -2.25. The number of carbonyl (C=O) groups is 4. The van der Waals surface area contributed by atoms with Gasteiger partial charge in [0.2, 0.25) is 0 Å². The molecule has 0 N–H and O–H groups in total. The van der Waals surface area contributed by atoms with Crippen LogP contribution in [-0.4, -0.2) is 48.3 Å². The second kappa shape index (κ2) is 20.1. The molecule has 0 aliphatic heterocycles. The number of ether oxygens (including phenoxy) is 4. The molecule has 0 radical (unpaired) electrons. The van der Waals surface area contributed by atoms with Crippen molar-refractivity contribution in [3.8, 4) is 0 Å². The molecule has 0 saturated carbocycles. The minimum absolute atomic E-state index is 0.144. The highest BCUT2D eigenvalue weighted by atomic mass is 16.6. The van der Waals surface area contributed by atoms with Crippen molar-refractivity contribution in [2.24, 2.45) is 0 Å². The van der Waals surface area contributed by atoms with Crippen molar-refractivity contribution in [3.05, 3.63) is 34.4 Å². The van der Waals surface area contributed by atoms with Gasteiger partial charge < -0.3 is 18.9 Å². The van der Waals surface area contributed by atoms with Crippen LogP contribution < -0.4 is 0 Å². The van der Waals surface area contributed by atoms with Gasteiger partial charge in [-0.05, 0) is 65.5 Å². The van der Waals surface area contributed by atoms with E-state index in [1.54, 1.807) is 27.7 Å². The molecule has 1 aromatic rings. The molecular weight excluding hydrogens is 536 g/mol. The first-order chi connectivity index (χ1) is 20.0. The van der Waals surface area contributed by atoms with Gasteiger partial charge in [-0.15, -0.1) is 0 Å². The molecular formula is C34H54O8. The molecule has 0 heterocycles. The molecule has 8 nitrogen and oxygen atoms in total. The summed E-state index contributed by atoms with van der Waals surface area (Å²) in [5, 5.41) is 0. The zero-order valence-corrected chi connectivity index (χ0v) is 27.2. The molecule has 42 heavy (non-hydrogen) atoms. The average molecular weight is 591 g/mol. The van der Waals surface area contributed by atoms with Crippen LogP contribution in [0.2, 0.25) is 0 Å². The van der Waals surface area contributed by atoms with E-state index in [4.69, 9.17) is 18.9 Å². The van der Waals surface area contributed by atoms with Gasteiger partial charge >= 0.3 is 23.9 Å². The van der Waals surface area contributed by atoms with Crippen LogP contribution in [0.5, 0.6) is 0 Å². The van der Waals surface area contributed by atoms with E-state index in [0.717, 1.165) is 51.4 Å². The molecule has 238 valence electrons. The Morgan fingerprint density at radius 3 is 0.810 bits per heavy atom. The Balaban J connectivity index is 3.64. The first-order valence-corrected chi connectivity index (χ1v) is 16.0. The van der Waals surface area contributed by atoms with Crippen LogP contribution in [-0.2, 0) is 18.9 Å². The normalized spacial score (nSPS) is 13.9. The van der Waals surface area contributed by atoms with Crippen LogP contribution >= 0.6 is 0 Å². The topological polar surface area (TPSA) is 105 Å². The van der Waals surface area contributed by atoms with Gasteiger partial charge in [0, 0.05) is 0 Å². The van der Waals surface area contributed by atoms with Gasteiger partial charge in [-0.3, -0.25) is 0 Å². The summed E-state index contributed by atoms with van der Waals surface area (Å²) < 4.78 is 22.6. The number of esters is 4. The molecule has 4 atom stereocenters. The Labute approximate surface area is 253 Å². The molecule has 0 amide bonds. The number of unbranched alkanes of at least 4 members (excludes halogenated alkanes) is 4. The third-order valence-corrected chi connectivity index (χ3v) is 7.13. The molecule has 4 unspecified atom stereocenters. The summed E-state index contributed by atoms with van der Waals surface area (Å²) in [4.78, 5) is 53.7. The van der Waals surface area contributed by atoms with Crippen LogP contribution in [0, 0.1) is 0 Å². The second-order valence-corrected chi connectivity index (χ2v) is 11.4. The molecule has 0 bridgehead atoms. The van der Waals surface area contributed by atoms with Gasteiger partial charge in [-0.1, -0.05) is 79.1 Å². The highest BCUT2D eigenvalue weighted by Crippen LogP contribution is 2.25. The fraction of sp³-hybridized carbons (Fsp3) is 0.706. The predicted molar refractivity (Wildman–Crippen MR) is 164 cm³/mol. The minimum Gasteiger partial charge on any atom is -0.459 e. The van der Waals surface area contributed by atoms with E-state index in [0.29, 0.717) is 25.7 Å². The molecule has 0 aliphatic carbocycles. The van der Waals surface area contributed by atoms with Crippen molar-refractivity contribution in [2.75, 3.05) is 0 Å². The number of hydrogen-bond donors (Lipinski definition) is 0. The quantitative estimate of drug-likeness (QED) is 0.110. The largest absolute Gasteiger partial charge is 0.459 e. The van der Waals surface area contributed by atoms with Gasteiger partial charge in [0.1, 0.15) is 0 Å². The van der Waals surface area contributed by atoms with E-state index in [9.17, 15) is 19.2 Å². The standard InChI is InChI=1S/C34H54O8/c1-9-13-17-23(5)39-31(35)27-21-29(33(37)41-25(7)19-15-11-3)30(34(38)42-26(8)20-16-12-4)22-28(27)32(36)40-24(6)18-14-10-2/h21-26H,9-20H2,1-8H3. The summed E-state index contributed by atoms with van der Waals surface area (Å²) in [5.74, 6) is -3.07. The van der Waals surface area contributed by atoms with E-state index in [-0.39, 0.29) is 22.3 Å². The molecule has 0 aromatic heterocycles. The first-order valence-electron chi connectivity index (χ1n) is 16.0. The fourth-order valence-corrected chi connectivity index (χ4v) is 4.46. The summed E-state index contributed by atoms with van der Waals surface area (Å²) in [6.45, 7) is 15.3. The third kappa shape index (κ3) is 13.0. The SMILES string of the molecule is CCCCC(C)OC(=O)c1cc(C(=O)OC(C)CCCC)c(C(=O)OC(C)CCCC)cc1C(=O)OC(C)CCCC. The maximum absolute atomic E-state index is 13.4. The molecule has 1 aromatic carbocycles. The fourth-order valence-electron chi connectivity index (χ4n) is 4.46. The Bertz CT molecular complexity index is 847. The second-order valence-electron chi connectivity index (χ2n) is 11.4. The van der Waals surface area contributed by atoms with Crippen molar-refractivity contribution >= 4 is 23.9 Å². The summed E-state index contributed by atoms with van der Waals surface area (Å²) in [5.41, 5.74) is -0.575. The zero-order chi connectivity index (χ0) is 31.7. The van der Waals surface area contributed by atoms with E-state index in [1.807, 2.05) is 27.7 Å². The molecule has 0 aliphatic rings. The summed E-state index contributed by atoms with van der Waals surface area (Å²) in [7, 11) is 0. The van der Waals surface area contributed by atoms with Gasteiger partial charge in [0.05, 0.1) is 46.7 Å². The van der Waals surface area contributed by atoms with Crippen molar-refractivity contribution in [1.29, 1.82) is 0 Å². The lowest BCUT2D eigenvalue weighted by molar-refractivity contribution is 0.0255. The van der Waals surface area contributed by atoms with Crippen LogP contribution in [0.4, 0.5) is 0 Å². The predicted octanol–water partition coefficient (Wildman–Crippen LogP) is 8.63. The van der Waals surface area contributed by atoms with Crippen molar-refractivity contribution < 1.29 is 38.1 Å². The Morgan fingerprint density at radius 2 is 0.643 bits per heavy atom.